The van der Waals surface area contributed by atoms with Gasteiger partial charge in [-0.25, -0.2) is 9.67 Å². The first-order chi connectivity index (χ1) is 14.3. The number of aromatic nitrogens is 3. The van der Waals surface area contributed by atoms with Crippen LogP contribution in [0.15, 0.2) is 42.6 Å². The van der Waals surface area contributed by atoms with Crippen LogP contribution < -0.4 is 5.32 Å². The van der Waals surface area contributed by atoms with E-state index in [4.69, 9.17) is 23.2 Å². The van der Waals surface area contributed by atoms with Crippen LogP contribution in [0.25, 0.3) is 0 Å². The second-order valence-electron chi connectivity index (χ2n) is 6.93. The van der Waals surface area contributed by atoms with Gasteiger partial charge in [-0.2, -0.15) is 5.10 Å². The molecule has 0 atom stereocenters. The molecule has 156 valence electrons. The highest BCUT2D eigenvalue weighted by atomic mass is 35.5. The standard InChI is InChI=1S/C21H21Cl2N5O2/c1-13-8-9-24-17(10-13)25-18(29)12-27(3)21(30)19-14(2)26-28(20(19)23)11-15-6-4-5-7-16(15)22/h4-10H,11-12H2,1-3H3,(H,24,25,29). The molecule has 0 radical (unpaired) electrons. The Morgan fingerprint density at radius 3 is 2.60 bits per heavy atom. The maximum atomic E-state index is 12.9. The molecule has 9 heteroatoms. The van der Waals surface area contributed by atoms with Gasteiger partial charge in [0.25, 0.3) is 5.91 Å². The first-order valence-electron chi connectivity index (χ1n) is 9.20. The maximum absolute atomic E-state index is 12.9. The van der Waals surface area contributed by atoms with E-state index in [1.54, 1.807) is 25.3 Å². The summed E-state index contributed by atoms with van der Waals surface area (Å²) < 4.78 is 1.52. The number of amides is 2. The number of likely N-dealkylation sites (N-methyl/N-ethyl adjacent to an activating group) is 1. The fourth-order valence-electron chi connectivity index (χ4n) is 2.95. The highest BCUT2D eigenvalue weighted by molar-refractivity contribution is 6.33. The lowest BCUT2D eigenvalue weighted by molar-refractivity contribution is -0.116. The topological polar surface area (TPSA) is 80.1 Å². The van der Waals surface area contributed by atoms with Gasteiger partial charge in [0.15, 0.2) is 0 Å². The number of benzene rings is 1. The zero-order valence-corrected chi connectivity index (χ0v) is 18.3. The van der Waals surface area contributed by atoms with Gasteiger partial charge in [-0.1, -0.05) is 41.4 Å². The number of nitrogens with one attached hydrogen (secondary N) is 1. The largest absolute Gasteiger partial charge is 0.332 e. The number of hydrogen-bond acceptors (Lipinski definition) is 4. The number of hydrogen-bond donors (Lipinski definition) is 1. The zero-order chi connectivity index (χ0) is 21.8. The highest BCUT2D eigenvalue weighted by Crippen LogP contribution is 2.24. The predicted octanol–water partition coefficient (Wildman–Crippen LogP) is 3.96. The third kappa shape index (κ3) is 4.98. The number of anilines is 1. The van der Waals surface area contributed by atoms with Gasteiger partial charge in [0, 0.05) is 18.3 Å². The molecule has 7 nitrogen and oxygen atoms in total. The second-order valence-corrected chi connectivity index (χ2v) is 7.69. The van der Waals surface area contributed by atoms with Crippen molar-refractivity contribution in [2.75, 3.05) is 18.9 Å². The number of halogens is 2. The zero-order valence-electron chi connectivity index (χ0n) is 16.8. The molecule has 1 aromatic carbocycles. The quantitative estimate of drug-likeness (QED) is 0.622. The van der Waals surface area contributed by atoms with E-state index < -0.39 is 5.91 Å². The third-order valence-electron chi connectivity index (χ3n) is 4.47. The molecule has 0 fully saturated rings. The van der Waals surface area contributed by atoms with Crippen molar-refractivity contribution in [3.05, 3.63) is 75.2 Å². The molecule has 3 rings (SSSR count). The Balaban J connectivity index is 1.72. The van der Waals surface area contributed by atoms with E-state index in [0.717, 1.165) is 11.1 Å². The molecule has 0 aliphatic carbocycles. The Hall–Kier alpha value is -2.90. The van der Waals surface area contributed by atoms with Crippen LogP contribution in [0.1, 0.15) is 27.2 Å². The van der Waals surface area contributed by atoms with E-state index in [1.807, 2.05) is 31.2 Å². The van der Waals surface area contributed by atoms with Gasteiger partial charge >= 0.3 is 0 Å². The van der Waals surface area contributed by atoms with Gasteiger partial charge < -0.3 is 10.2 Å². The van der Waals surface area contributed by atoms with E-state index in [0.29, 0.717) is 23.1 Å². The summed E-state index contributed by atoms with van der Waals surface area (Å²) in [4.78, 5) is 30.6. The Morgan fingerprint density at radius 1 is 1.17 bits per heavy atom. The Kier molecular flexibility index (Phi) is 6.74. The minimum absolute atomic E-state index is 0.153. The molecular weight excluding hydrogens is 425 g/mol. The van der Waals surface area contributed by atoms with E-state index in [1.165, 1.54) is 16.6 Å². The fourth-order valence-corrected chi connectivity index (χ4v) is 3.46. The summed E-state index contributed by atoms with van der Waals surface area (Å²) in [6.45, 7) is 3.78. The minimum atomic E-state index is -0.393. The predicted molar refractivity (Wildman–Crippen MR) is 117 cm³/mol. The van der Waals surface area contributed by atoms with Gasteiger partial charge in [-0.3, -0.25) is 9.59 Å². The number of rotatable bonds is 6. The number of aryl methyl sites for hydroxylation is 2. The van der Waals surface area contributed by atoms with Crippen LogP contribution in [-0.4, -0.2) is 45.1 Å². The van der Waals surface area contributed by atoms with Crippen LogP contribution in [0.3, 0.4) is 0 Å². The van der Waals surface area contributed by atoms with E-state index in [9.17, 15) is 9.59 Å². The first-order valence-corrected chi connectivity index (χ1v) is 9.96. The van der Waals surface area contributed by atoms with E-state index >= 15 is 0 Å². The molecule has 3 aromatic rings. The summed E-state index contributed by atoms with van der Waals surface area (Å²) in [6.07, 6.45) is 1.61. The van der Waals surface area contributed by atoms with Gasteiger partial charge in [-0.15, -0.1) is 0 Å². The molecule has 1 N–H and O–H groups in total. The summed E-state index contributed by atoms with van der Waals surface area (Å²) in [5, 5.41) is 7.85. The molecule has 2 aromatic heterocycles. The van der Waals surface area contributed by atoms with Gasteiger partial charge in [0.05, 0.1) is 24.3 Å². The molecule has 0 saturated heterocycles. The number of nitrogens with zero attached hydrogens (tertiary/aromatic N) is 4. The Bertz CT molecular complexity index is 1100. The number of pyridine rings is 1. The van der Waals surface area contributed by atoms with E-state index in [-0.39, 0.29) is 23.2 Å². The molecular formula is C21H21Cl2N5O2. The van der Waals surface area contributed by atoms with Gasteiger partial charge in [0.1, 0.15) is 11.0 Å². The lowest BCUT2D eigenvalue weighted by Crippen LogP contribution is -2.35. The summed E-state index contributed by atoms with van der Waals surface area (Å²) in [5.74, 6) is -0.320. The lowest BCUT2D eigenvalue weighted by atomic mass is 10.2. The van der Waals surface area contributed by atoms with Crippen LogP contribution in [0.4, 0.5) is 5.82 Å². The minimum Gasteiger partial charge on any atom is -0.332 e. The summed E-state index contributed by atoms with van der Waals surface area (Å²) in [6, 6.07) is 10.9. The lowest BCUT2D eigenvalue weighted by Gasteiger charge is -2.16. The van der Waals surface area contributed by atoms with Crippen LogP contribution in [0, 0.1) is 13.8 Å². The van der Waals surface area contributed by atoms with Gasteiger partial charge in [0.2, 0.25) is 5.91 Å². The van der Waals surface area contributed by atoms with E-state index in [2.05, 4.69) is 15.4 Å². The van der Waals surface area contributed by atoms with Crippen LogP contribution in [0.5, 0.6) is 0 Å². The first kappa shape index (κ1) is 21.8. The van der Waals surface area contributed by atoms with Crippen LogP contribution in [0.2, 0.25) is 10.2 Å². The van der Waals surface area contributed by atoms with Crippen molar-refractivity contribution in [3.63, 3.8) is 0 Å². The third-order valence-corrected chi connectivity index (χ3v) is 5.22. The van der Waals surface area contributed by atoms with Crippen molar-refractivity contribution in [3.8, 4) is 0 Å². The van der Waals surface area contributed by atoms with Crippen molar-refractivity contribution in [1.29, 1.82) is 0 Å². The molecule has 0 unspecified atom stereocenters. The number of carbonyl (C=O) groups is 2. The highest BCUT2D eigenvalue weighted by Gasteiger charge is 2.24. The van der Waals surface area contributed by atoms with Crippen molar-refractivity contribution in [2.45, 2.75) is 20.4 Å². The summed E-state index contributed by atoms with van der Waals surface area (Å²) >= 11 is 12.7. The molecule has 0 spiro atoms. The van der Waals surface area contributed by atoms with Crippen LogP contribution in [-0.2, 0) is 11.3 Å². The molecule has 0 bridgehead atoms. The molecule has 2 amide bonds. The monoisotopic (exact) mass is 445 g/mol. The van der Waals surface area contributed by atoms with Gasteiger partial charge in [-0.05, 0) is 43.2 Å². The van der Waals surface area contributed by atoms with Crippen LogP contribution >= 0.6 is 23.2 Å². The average molecular weight is 446 g/mol. The molecule has 2 heterocycles. The normalized spacial score (nSPS) is 10.7. The summed E-state index contributed by atoms with van der Waals surface area (Å²) in [5.41, 5.74) is 2.54. The molecule has 30 heavy (non-hydrogen) atoms. The molecule has 0 aliphatic heterocycles. The number of carbonyl (C=O) groups excluding carboxylic acids is 2. The van der Waals surface area contributed by atoms with Crippen molar-refractivity contribution >= 4 is 40.8 Å². The fraction of sp³-hybridized carbons (Fsp3) is 0.238. The Morgan fingerprint density at radius 2 is 1.90 bits per heavy atom. The summed E-state index contributed by atoms with van der Waals surface area (Å²) in [7, 11) is 1.53. The van der Waals surface area contributed by atoms with Crippen molar-refractivity contribution < 1.29 is 9.59 Å². The maximum Gasteiger partial charge on any atom is 0.259 e. The van der Waals surface area contributed by atoms with Crippen molar-refractivity contribution in [2.24, 2.45) is 0 Å². The average Bonchev–Trinajstić information content (AvgIpc) is 2.96. The van der Waals surface area contributed by atoms with Crippen molar-refractivity contribution in [1.82, 2.24) is 19.7 Å². The SMILES string of the molecule is Cc1ccnc(NC(=O)CN(C)C(=O)c2c(C)nn(Cc3ccccc3Cl)c2Cl)c1. The molecule has 0 aliphatic rings. The smallest absolute Gasteiger partial charge is 0.259 e. The Labute approximate surface area is 184 Å². The second kappa shape index (κ2) is 9.28. The molecule has 0 saturated carbocycles.